The minimum absolute atomic E-state index is 0.607. The predicted octanol–water partition coefficient (Wildman–Crippen LogP) is 4.33. The van der Waals surface area contributed by atoms with E-state index in [0.29, 0.717) is 12.2 Å². The summed E-state index contributed by atoms with van der Waals surface area (Å²) in [4.78, 5) is 0. The van der Waals surface area contributed by atoms with E-state index < -0.39 is 0 Å². The van der Waals surface area contributed by atoms with Crippen LogP contribution in [0.4, 0.5) is 0 Å². The van der Waals surface area contributed by atoms with Crippen molar-refractivity contribution in [3.05, 3.63) is 0 Å². The molecule has 0 bridgehead atoms. The fourth-order valence-electron chi connectivity index (χ4n) is 1.87. The SMILES string of the molecule is CCCCCCCCC[C@@H]1O[C@@H]1CI. The zero-order chi connectivity index (χ0) is 10.2. The van der Waals surface area contributed by atoms with Crippen LogP contribution in [0.25, 0.3) is 0 Å². The van der Waals surface area contributed by atoms with Gasteiger partial charge in [-0.05, 0) is 6.42 Å². The molecule has 1 aliphatic rings. The first-order chi connectivity index (χ1) is 6.88. The van der Waals surface area contributed by atoms with E-state index in [1.54, 1.807) is 0 Å². The second-order valence-corrected chi connectivity index (χ2v) is 5.16. The van der Waals surface area contributed by atoms with E-state index in [0.717, 1.165) is 0 Å². The molecule has 0 aromatic rings. The van der Waals surface area contributed by atoms with Gasteiger partial charge in [-0.1, -0.05) is 74.5 Å². The minimum Gasteiger partial charge on any atom is -0.369 e. The van der Waals surface area contributed by atoms with E-state index in [1.807, 2.05) is 0 Å². The van der Waals surface area contributed by atoms with Gasteiger partial charge in [-0.25, -0.2) is 0 Å². The van der Waals surface area contributed by atoms with Crippen molar-refractivity contribution in [1.82, 2.24) is 0 Å². The highest BCUT2D eigenvalue weighted by Gasteiger charge is 2.36. The molecule has 0 aromatic carbocycles. The van der Waals surface area contributed by atoms with Gasteiger partial charge in [-0.15, -0.1) is 0 Å². The number of unbranched alkanes of at least 4 members (excludes halogenated alkanes) is 6. The van der Waals surface area contributed by atoms with Crippen LogP contribution in [-0.4, -0.2) is 16.6 Å². The summed E-state index contributed by atoms with van der Waals surface area (Å²) in [6.45, 7) is 2.27. The Morgan fingerprint density at radius 1 is 0.929 bits per heavy atom. The second kappa shape index (κ2) is 7.91. The van der Waals surface area contributed by atoms with Gasteiger partial charge in [-0.3, -0.25) is 0 Å². The molecule has 0 N–H and O–H groups in total. The fraction of sp³-hybridized carbons (Fsp3) is 1.00. The molecule has 1 heterocycles. The summed E-state index contributed by atoms with van der Waals surface area (Å²) < 4.78 is 6.68. The second-order valence-electron chi connectivity index (χ2n) is 4.28. The average Bonchev–Trinajstić information content (AvgIpc) is 2.95. The highest BCUT2D eigenvalue weighted by Crippen LogP contribution is 2.28. The molecular weight excluding hydrogens is 287 g/mol. The van der Waals surface area contributed by atoms with E-state index in [2.05, 4.69) is 29.5 Å². The third-order valence-electron chi connectivity index (χ3n) is 2.93. The maximum atomic E-state index is 5.50. The first-order valence-electron chi connectivity index (χ1n) is 6.10. The van der Waals surface area contributed by atoms with E-state index >= 15 is 0 Å². The molecule has 0 spiro atoms. The summed E-state index contributed by atoms with van der Waals surface area (Å²) in [5.74, 6) is 0. The molecule has 0 unspecified atom stereocenters. The Bertz CT molecular complexity index is 138. The first kappa shape index (κ1) is 12.8. The number of epoxide rings is 1. The van der Waals surface area contributed by atoms with Gasteiger partial charge in [0, 0.05) is 4.43 Å². The third kappa shape index (κ3) is 5.54. The van der Waals surface area contributed by atoms with Crippen molar-refractivity contribution in [2.24, 2.45) is 0 Å². The van der Waals surface area contributed by atoms with Crippen LogP contribution >= 0.6 is 22.6 Å². The van der Waals surface area contributed by atoms with Gasteiger partial charge in [0.15, 0.2) is 0 Å². The predicted molar refractivity (Wildman–Crippen MR) is 70.2 cm³/mol. The lowest BCUT2D eigenvalue weighted by molar-refractivity contribution is 0.367. The molecule has 1 saturated heterocycles. The van der Waals surface area contributed by atoms with Crippen molar-refractivity contribution in [3.63, 3.8) is 0 Å². The molecule has 0 amide bonds. The highest BCUT2D eigenvalue weighted by molar-refractivity contribution is 14.1. The van der Waals surface area contributed by atoms with Crippen molar-refractivity contribution in [3.8, 4) is 0 Å². The van der Waals surface area contributed by atoms with Crippen LogP contribution in [0.1, 0.15) is 58.3 Å². The Balaban J connectivity index is 1.73. The molecule has 1 nitrogen and oxygen atoms in total. The Morgan fingerprint density at radius 3 is 2.14 bits per heavy atom. The van der Waals surface area contributed by atoms with Crippen LogP contribution in [0.3, 0.4) is 0 Å². The summed E-state index contributed by atoms with van der Waals surface area (Å²) in [6.07, 6.45) is 12.4. The Kier molecular flexibility index (Phi) is 7.21. The number of hydrogen-bond acceptors (Lipinski definition) is 1. The molecule has 84 valence electrons. The van der Waals surface area contributed by atoms with E-state index in [1.165, 1.54) is 55.8 Å². The molecule has 0 radical (unpaired) electrons. The fourth-order valence-corrected chi connectivity index (χ4v) is 2.65. The van der Waals surface area contributed by atoms with Crippen LogP contribution in [0.15, 0.2) is 0 Å². The summed E-state index contributed by atoms with van der Waals surface area (Å²) >= 11 is 2.41. The zero-order valence-electron chi connectivity index (χ0n) is 9.30. The first-order valence-corrected chi connectivity index (χ1v) is 7.62. The monoisotopic (exact) mass is 310 g/mol. The Labute approximate surface area is 102 Å². The minimum atomic E-state index is 0.607. The highest BCUT2D eigenvalue weighted by atomic mass is 127. The van der Waals surface area contributed by atoms with Gasteiger partial charge >= 0.3 is 0 Å². The lowest BCUT2D eigenvalue weighted by Gasteiger charge is -1.99. The normalized spacial score (nSPS) is 25.3. The smallest absolute Gasteiger partial charge is 0.0931 e. The van der Waals surface area contributed by atoms with Crippen molar-refractivity contribution >= 4 is 22.6 Å². The molecule has 14 heavy (non-hydrogen) atoms. The molecular formula is C12H23IO. The number of halogens is 1. The van der Waals surface area contributed by atoms with Crippen LogP contribution in [0, 0.1) is 0 Å². The van der Waals surface area contributed by atoms with E-state index in [-0.39, 0.29) is 0 Å². The van der Waals surface area contributed by atoms with Gasteiger partial charge in [0.2, 0.25) is 0 Å². The molecule has 2 heteroatoms. The van der Waals surface area contributed by atoms with Gasteiger partial charge in [0.05, 0.1) is 12.2 Å². The molecule has 0 aliphatic carbocycles. The lowest BCUT2D eigenvalue weighted by Crippen LogP contribution is -1.94. The standard InChI is InChI=1S/C12H23IO/c1-2-3-4-5-6-7-8-9-11-12(10-13)14-11/h11-12H,2-10H2,1H3/t11-,12+/m0/s1. The molecule has 1 rings (SSSR count). The summed E-state index contributed by atoms with van der Waals surface area (Å²) in [5.41, 5.74) is 0. The van der Waals surface area contributed by atoms with Crippen LogP contribution in [-0.2, 0) is 4.74 Å². The topological polar surface area (TPSA) is 12.5 Å². The summed E-state index contributed by atoms with van der Waals surface area (Å²) in [7, 11) is 0. The average molecular weight is 310 g/mol. The maximum absolute atomic E-state index is 5.50. The molecule has 1 aliphatic heterocycles. The van der Waals surface area contributed by atoms with Gasteiger partial charge in [0.1, 0.15) is 0 Å². The molecule has 0 saturated carbocycles. The summed E-state index contributed by atoms with van der Waals surface area (Å²) in [5, 5.41) is 0. The van der Waals surface area contributed by atoms with E-state index in [9.17, 15) is 0 Å². The molecule has 2 atom stereocenters. The Hall–Kier alpha value is 0.690. The number of hydrogen-bond donors (Lipinski definition) is 0. The van der Waals surface area contributed by atoms with Crippen LogP contribution < -0.4 is 0 Å². The maximum Gasteiger partial charge on any atom is 0.0931 e. The lowest BCUT2D eigenvalue weighted by atomic mass is 10.1. The van der Waals surface area contributed by atoms with Crippen molar-refractivity contribution in [1.29, 1.82) is 0 Å². The van der Waals surface area contributed by atoms with Crippen molar-refractivity contribution in [2.75, 3.05) is 4.43 Å². The number of rotatable bonds is 9. The third-order valence-corrected chi connectivity index (χ3v) is 3.80. The number of ether oxygens (including phenoxy) is 1. The Morgan fingerprint density at radius 2 is 1.57 bits per heavy atom. The largest absolute Gasteiger partial charge is 0.369 e. The van der Waals surface area contributed by atoms with Crippen molar-refractivity contribution in [2.45, 2.75) is 70.5 Å². The molecule has 0 aromatic heterocycles. The molecule has 1 fully saturated rings. The van der Waals surface area contributed by atoms with E-state index in [4.69, 9.17) is 4.74 Å². The van der Waals surface area contributed by atoms with Gasteiger partial charge < -0.3 is 4.74 Å². The van der Waals surface area contributed by atoms with Crippen LogP contribution in [0.2, 0.25) is 0 Å². The zero-order valence-corrected chi connectivity index (χ0v) is 11.5. The number of alkyl halides is 1. The van der Waals surface area contributed by atoms with Crippen molar-refractivity contribution < 1.29 is 4.74 Å². The van der Waals surface area contributed by atoms with Gasteiger partial charge in [0.25, 0.3) is 0 Å². The quantitative estimate of drug-likeness (QED) is 0.267. The van der Waals surface area contributed by atoms with Gasteiger partial charge in [-0.2, -0.15) is 0 Å². The van der Waals surface area contributed by atoms with Crippen LogP contribution in [0.5, 0.6) is 0 Å². The summed E-state index contributed by atoms with van der Waals surface area (Å²) in [6, 6.07) is 0.